The molecule has 0 aliphatic heterocycles. The number of alkyl halides is 3. The first kappa shape index (κ1) is 41.9. The highest BCUT2D eigenvalue weighted by atomic mass is 19.4. The van der Waals surface area contributed by atoms with Crippen LogP contribution in [0.4, 0.5) is 28.9 Å². The molecule has 0 bridgehead atoms. The zero-order chi connectivity index (χ0) is 32.5. The quantitative estimate of drug-likeness (QED) is 0.0769. The Balaban J connectivity index is -0.000000516. The zero-order valence-electron chi connectivity index (χ0n) is 25.9. The van der Waals surface area contributed by atoms with Crippen LogP contribution in [0.1, 0.15) is 101 Å². The number of hydrogen-bond acceptors (Lipinski definition) is 4. The van der Waals surface area contributed by atoms with Crippen LogP contribution in [0.15, 0.2) is 41.9 Å². The number of aliphatic imine (C=N–C) groups is 1. The van der Waals surface area contributed by atoms with E-state index in [0.29, 0.717) is 5.84 Å². The second kappa shape index (κ2) is 25.4. The summed E-state index contributed by atoms with van der Waals surface area (Å²) in [4.78, 5) is 14.8. The number of benzene rings is 2. The fourth-order valence-electron chi connectivity index (χ4n) is 3.19. The van der Waals surface area contributed by atoms with Crippen LogP contribution in [0.2, 0.25) is 0 Å². The first-order valence-electron chi connectivity index (χ1n) is 13.8. The van der Waals surface area contributed by atoms with Crippen LogP contribution in [0.3, 0.4) is 0 Å². The van der Waals surface area contributed by atoms with Crippen LogP contribution >= 0.6 is 0 Å². The summed E-state index contributed by atoms with van der Waals surface area (Å²) >= 11 is 0. The van der Waals surface area contributed by atoms with Gasteiger partial charge < -0.3 is 21.9 Å². The lowest BCUT2D eigenvalue weighted by atomic mass is 10.00. The normalized spacial score (nSPS) is 9.93. The Morgan fingerprint density at radius 2 is 1.54 bits per heavy atom. The molecule has 0 saturated heterocycles. The van der Waals surface area contributed by atoms with Crippen molar-refractivity contribution in [3.8, 4) is 0 Å². The van der Waals surface area contributed by atoms with Gasteiger partial charge in [-0.1, -0.05) is 84.9 Å². The van der Waals surface area contributed by atoms with Gasteiger partial charge in [0.05, 0.1) is 17.1 Å². The van der Waals surface area contributed by atoms with Crippen molar-refractivity contribution in [3.05, 3.63) is 65.0 Å². The molecule has 2 aromatic rings. The minimum Gasteiger partial charge on any atom is -0.478 e. The molecule has 0 spiro atoms. The third-order valence-electron chi connectivity index (χ3n) is 5.08. The molecule has 0 amide bonds. The van der Waals surface area contributed by atoms with Gasteiger partial charge in [-0.3, -0.25) is 0 Å². The van der Waals surface area contributed by atoms with Gasteiger partial charge in [0.15, 0.2) is 0 Å². The molecule has 0 heterocycles. The first-order chi connectivity index (χ1) is 19.2. The van der Waals surface area contributed by atoms with E-state index in [1.54, 1.807) is 6.92 Å². The Hall–Kier alpha value is -3.56. The Labute approximate surface area is 243 Å². The molecule has 2 aromatic carbocycles. The van der Waals surface area contributed by atoms with Gasteiger partial charge in [0.25, 0.3) is 0 Å². The van der Waals surface area contributed by atoms with Crippen LogP contribution in [-0.4, -0.2) is 30.6 Å². The van der Waals surface area contributed by atoms with Crippen molar-refractivity contribution in [2.24, 2.45) is 10.7 Å². The first-order valence-corrected chi connectivity index (χ1v) is 13.8. The number of halogens is 4. The summed E-state index contributed by atoms with van der Waals surface area (Å²) in [6.07, 6.45) is 7.94. The molecule has 0 fully saturated rings. The lowest BCUT2D eigenvalue weighted by Crippen LogP contribution is -2.08. The predicted molar refractivity (Wildman–Crippen MR) is 166 cm³/mol. The number of nitrogen functional groups attached to an aromatic ring is 1. The van der Waals surface area contributed by atoms with Gasteiger partial charge in [-0.15, -0.1) is 0 Å². The van der Waals surface area contributed by atoms with Gasteiger partial charge in [0, 0.05) is 24.0 Å². The number of carboxylic acid groups (broad SMARTS) is 1. The van der Waals surface area contributed by atoms with Crippen molar-refractivity contribution in [3.63, 3.8) is 0 Å². The van der Waals surface area contributed by atoms with Crippen LogP contribution in [-0.2, 0) is 6.42 Å². The number of hydrogen-bond donors (Lipinski definition) is 4. The average Bonchev–Trinajstić information content (AvgIpc) is 2.91. The fraction of sp³-hybridized carbons (Fsp3) is 0.484. The second-order valence-corrected chi connectivity index (χ2v) is 8.50. The summed E-state index contributed by atoms with van der Waals surface area (Å²) in [5.74, 6) is -1.26. The lowest BCUT2D eigenvalue weighted by Gasteiger charge is -2.14. The Kier molecular flexibility index (Phi) is 26.0. The summed E-state index contributed by atoms with van der Waals surface area (Å²) in [6, 6.07) is 7.45. The van der Waals surface area contributed by atoms with Crippen LogP contribution in [0, 0.1) is 12.7 Å². The number of nitrogens with zero attached hydrogens (tertiary/aromatic N) is 1. The monoisotopic (exact) mass is 586 g/mol. The summed E-state index contributed by atoms with van der Waals surface area (Å²) in [6.45, 7) is 14.8. The van der Waals surface area contributed by atoms with Crippen molar-refractivity contribution < 1.29 is 27.5 Å². The topological polar surface area (TPSA) is 114 Å². The predicted octanol–water partition coefficient (Wildman–Crippen LogP) is 9.04. The molecular formula is C31H50F4N4O2. The fourth-order valence-corrected chi connectivity index (χ4v) is 3.19. The van der Waals surface area contributed by atoms with Crippen LogP contribution in [0.25, 0.3) is 5.70 Å². The maximum Gasteiger partial charge on any atom is 0.379 e. The third-order valence-corrected chi connectivity index (χ3v) is 5.08. The molecule has 2 rings (SSSR count). The smallest absolute Gasteiger partial charge is 0.379 e. The number of unbranched alkanes of at least 4 members (excludes halogenated alkanes) is 4. The van der Waals surface area contributed by atoms with Crippen molar-refractivity contribution in [2.75, 3.05) is 12.8 Å². The Morgan fingerprint density at radius 3 is 1.90 bits per heavy atom. The lowest BCUT2D eigenvalue weighted by molar-refractivity contribution is 0.00817. The highest BCUT2D eigenvalue weighted by Crippen LogP contribution is 2.30. The zero-order valence-corrected chi connectivity index (χ0v) is 25.9. The maximum atomic E-state index is 12.4. The molecule has 41 heavy (non-hydrogen) atoms. The van der Waals surface area contributed by atoms with Crippen LogP contribution in [0.5, 0.6) is 0 Å². The molecule has 0 aliphatic rings. The largest absolute Gasteiger partial charge is 0.478 e. The van der Waals surface area contributed by atoms with Gasteiger partial charge in [-0.05, 0) is 50.1 Å². The minimum atomic E-state index is -3.67. The van der Waals surface area contributed by atoms with E-state index in [0.717, 1.165) is 35.5 Å². The average molecular weight is 587 g/mol. The number of rotatable bonds is 9. The molecule has 6 N–H and O–H groups in total. The van der Waals surface area contributed by atoms with Gasteiger partial charge in [0.2, 0.25) is 0 Å². The molecule has 0 radical (unpaired) electrons. The molecule has 0 saturated carbocycles. The third kappa shape index (κ3) is 20.9. The van der Waals surface area contributed by atoms with E-state index in [1.165, 1.54) is 49.3 Å². The number of nitrogens with two attached hydrogens (primary N) is 2. The Bertz CT molecular complexity index is 1030. The SMILES string of the molecule is C=C(NC)c1cc(C)cc(CC)c1N=C(C)N.CC.CCCCCCC.FC(F)F.Nc1ccc(F)cc1C(=O)O. The number of amidine groups is 1. The van der Waals surface area contributed by atoms with Gasteiger partial charge in [-0.25, -0.2) is 14.2 Å². The van der Waals surface area contributed by atoms with Crippen LogP contribution < -0.4 is 16.8 Å². The molecule has 0 atom stereocenters. The molecule has 6 nitrogen and oxygen atoms in total. The summed E-state index contributed by atoms with van der Waals surface area (Å²) in [7, 11) is 1.86. The Morgan fingerprint density at radius 1 is 1.02 bits per heavy atom. The number of carboxylic acids is 1. The van der Waals surface area contributed by atoms with Crippen molar-refractivity contribution in [1.82, 2.24) is 5.32 Å². The standard InChI is InChI=1S/C14H21N3.C7H6FNO2.C7H16.C2H6.CHF3/c1-6-12-7-9(2)8-13(10(3)16-5)14(12)17-11(4)15;8-4-1-2-6(9)5(3-4)7(10)11;1-3-5-7-6-4-2;1-2;2-1(3)4/h7-8,16H,3,6H2,1-2,4-5H3,(H2,15,17);1-3H,9H2,(H,10,11);3-7H2,1-2H3;1-2H3;1H. The summed E-state index contributed by atoms with van der Waals surface area (Å²) < 4.78 is 41.4. The number of aromatic carboxylic acids is 1. The molecule has 234 valence electrons. The molecular weight excluding hydrogens is 536 g/mol. The number of aryl methyl sites for hydroxylation is 2. The highest BCUT2D eigenvalue weighted by Gasteiger charge is 2.10. The second-order valence-electron chi connectivity index (χ2n) is 8.50. The molecule has 0 aromatic heterocycles. The van der Waals surface area contributed by atoms with Gasteiger partial charge in [-0.2, -0.15) is 13.2 Å². The maximum absolute atomic E-state index is 12.4. The van der Waals surface area contributed by atoms with E-state index in [-0.39, 0.29) is 11.3 Å². The van der Waals surface area contributed by atoms with E-state index in [1.807, 2.05) is 20.9 Å². The van der Waals surface area contributed by atoms with E-state index in [9.17, 15) is 22.4 Å². The van der Waals surface area contributed by atoms with Crippen molar-refractivity contribution >= 4 is 28.9 Å². The van der Waals surface area contributed by atoms with Gasteiger partial charge >= 0.3 is 12.6 Å². The van der Waals surface area contributed by atoms with Crippen molar-refractivity contribution in [1.29, 1.82) is 0 Å². The molecule has 10 heteroatoms. The van der Waals surface area contributed by atoms with Gasteiger partial charge in [0.1, 0.15) is 5.82 Å². The van der Waals surface area contributed by atoms with E-state index >= 15 is 0 Å². The van der Waals surface area contributed by atoms with E-state index in [4.69, 9.17) is 16.6 Å². The van der Waals surface area contributed by atoms with Crippen molar-refractivity contribution in [2.45, 2.75) is 93.7 Å². The van der Waals surface area contributed by atoms with E-state index in [2.05, 4.69) is 56.7 Å². The molecule has 0 unspecified atom stereocenters. The summed E-state index contributed by atoms with van der Waals surface area (Å²) in [5.41, 5.74) is 16.0. The number of nitrogens with one attached hydrogen (secondary N) is 1. The number of anilines is 1. The summed E-state index contributed by atoms with van der Waals surface area (Å²) in [5, 5.41) is 11.5. The number of carbonyl (C=O) groups is 1. The highest BCUT2D eigenvalue weighted by molar-refractivity contribution is 5.93. The molecule has 0 aliphatic carbocycles. The van der Waals surface area contributed by atoms with E-state index < -0.39 is 18.5 Å². The minimum absolute atomic E-state index is 0.0684.